The van der Waals surface area contributed by atoms with Crippen LogP contribution in [0.15, 0.2) is 42.5 Å². The first-order valence-electron chi connectivity index (χ1n) is 7.32. The van der Waals surface area contributed by atoms with Crippen molar-refractivity contribution in [3.63, 3.8) is 0 Å². The number of hydrogen-bond donors (Lipinski definition) is 2. The number of ether oxygens (including phenoxy) is 1. The Morgan fingerprint density at radius 2 is 1.77 bits per heavy atom. The third-order valence-corrected chi connectivity index (χ3v) is 3.30. The molecule has 3 N–H and O–H groups in total. The zero-order valence-electron chi connectivity index (χ0n) is 13.1. The molecule has 0 saturated heterocycles. The average Bonchev–Trinajstić information content (AvgIpc) is 3.02. The minimum atomic E-state index is -4.75. The lowest BCUT2D eigenvalue weighted by molar-refractivity contribution is -0.274. The lowest BCUT2D eigenvalue weighted by atomic mass is 10.2. The molecule has 0 spiro atoms. The number of hydrogen-bond acceptors (Lipinski definition) is 4. The van der Waals surface area contributed by atoms with Crippen molar-refractivity contribution in [3.05, 3.63) is 59.7 Å². The standard InChI is InChI=1S/C17H12F4N4O/c18-14-9-12(22)5-1-10(14)4-8-15-23-16(25-24-15)11-2-6-13(7-3-11)26-17(19,20)21/h1-9H,22H2,(H,23,24,25)/b8-4+. The minimum Gasteiger partial charge on any atom is -0.406 e. The van der Waals surface area contributed by atoms with Crippen LogP contribution in [0.2, 0.25) is 0 Å². The molecule has 0 radical (unpaired) electrons. The van der Waals surface area contributed by atoms with E-state index in [2.05, 4.69) is 19.9 Å². The Labute approximate surface area is 145 Å². The summed E-state index contributed by atoms with van der Waals surface area (Å²) in [6.45, 7) is 0. The predicted molar refractivity (Wildman–Crippen MR) is 88.2 cm³/mol. The van der Waals surface area contributed by atoms with Gasteiger partial charge in [0, 0.05) is 16.8 Å². The molecule has 3 aromatic rings. The zero-order chi connectivity index (χ0) is 18.7. The van der Waals surface area contributed by atoms with Crippen molar-refractivity contribution in [2.45, 2.75) is 6.36 Å². The summed E-state index contributed by atoms with van der Waals surface area (Å²) in [6.07, 6.45) is -1.76. The van der Waals surface area contributed by atoms with Gasteiger partial charge >= 0.3 is 6.36 Å². The Morgan fingerprint density at radius 1 is 1.04 bits per heavy atom. The van der Waals surface area contributed by atoms with Crippen LogP contribution in [0, 0.1) is 5.82 Å². The summed E-state index contributed by atoms with van der Waals surface area (Å²) >= 11 is 0. The molecule has 9 heteroatoms. The molecule has 1 aromatic heterocycles. The first-order valence-corrected chi connectivity index (χ1v) is 7.32. The quantitative estimate of drug-likeness (QED) is 0.536. The SMILES string of the molecule is Nc1ccc(/C=C/c2n[nH]c(-c3ccc(OC(F)(F)F)cc3)n2)c(F)c1. The van der Waals surface area contributed by atoms with Gasteiger partial charge in [0.1, 0.15) is 11.6 Å². The lowest BCUT2D eigenvalue weighted by Gasteiger charge is -2.08. The summed E-state index contributed by atoms with van der Waals surface area (Å²) in [4.78, 5) is 4.18. The van der Waals surface area contributed by atoms with E-state index in [0.717, 1.165) is 0 Å². The van der Waals surface area contributed by atoms with Crippen LogP contribution in [0.1, 0.15) is 11.4 Å². The number of alkyl halides is 3. The van der Waals surface area contributed by atoms with Crippen molar-refractivity contribution in [2.75, 3.05) is 5.73 Å². The van der Waals surface area contributed by atoms with E-state index in [4.69, 9.17) is 5.73 Å². The molecule has 5 nitrogen and oxygen atoms in total. The summed E-state index contributed by atoms with van der Waals surface area (Å²) in [5.74, 6) is -0.176. The van der Waals surface area contributed by atoms with E-state index in [-0.39, 0.29) is 11.6 Å². The van der Waals surface area contributed by atoms with E-state index >= 15 is 0 Å². The molecule has 0 aliphatic carbocycles. The summed E-state index contributed by atoms with van der Waals surface area (Å²) in [6, 6.07) is 9.46. The monoisotopic (exact) mass is 364 g/mol. The van der Waals surface area contributed by atoms with Crippen molar-refractivity contribution >= 4 is 17.8 Å². The third kappa shape index (κ3) is 4.38. The number of rotatable bonds is 4. The molecule has 0 atom stereocenters. The van der Waals surface area contributed by atoms with Crippen molar-refractivity contribution in [1.82, 2.24) is 15.2 Å². The fourth-order valence-corrected chi connectivity index (χ4v) is 2.14. The zero-order valence-corrected chi connectivity index (χ0v) is 13.1. The highest BCUT2D eigenvalue weighted by Gasteiger charge is 2.30. The smallest absolute Gasteiger partial charge is 0.406 e. The van der Waals surface area contributed by atoms with Crippen LogP contribution in [0.25, 0.3) is 23.5 Å². The maximum Gasteiger partial charge on any atom is 0.573 e. The fraction of sp³-hybridized carbons (Fsp3) is 0.0588. The maximum atomic E-state index is 13.7. The Bertz CT molecular complexity index is 933. The van der Waals surface area contributed by atoms with Crippen LogP contribution < -0.4 is 10.5 Å². The molecule has 0 unspecified atom stereocenters. The molecule has 134 valence electrons. The molecule has 3 rings (SSSR count). The molecular weight excluding hydrogens is 352 g/mol. The van der Waals surface area contributed by atoms with Gasteiger partial charge in [-0.2, -0.15) is 5.10 Å². The van der Waals surface area contributed by atoms with Crippen LogP contribution in [0.3, 0.4) is 0 Å². The second-order valence-corrected chi connectivity index (χ2v) is 5.23. The van der Waals surface area contributed by atoms with E-state index in [1.54, 1.807) is 6.07 Å². The lowest BCUT2D eigenvalue weighted by Crippen LogP contribution is -2.16. The number of benzene rings is 2. The number of H-pyrrole nitrogens is 1. The highest BCUT2D eigenvalue weighted by molar-refractivity contribution is 5.69. The normalized spacial score (nSPS) is 11.8. The van der Waals surface area contributed by atoms with Crippen LogP contribution >= 0.6 is 0 Å². The van der Waals surface area contributed by atoms with Crippen molar-refractivity contribution in [2.24, 2.45) is 0 Å². The molecule has 0 aliphatic heterocycles. The highest BCUT2D eigenvalue weighted by atomic mass is 19.4. The van der Waals surface area contributed by atoms with Crippen LogP contribution in [-0.4, -0.2) is 21.5 Å². The molecule has 0 aliphatic rings. The van der Waals surface area contributed by atoms with Gasteiger partial charge in [0.25, 0.3) is 0 Å². The van der Waals surface area contributed by atoms with E-state index in [1.165, 1.54) is 48.6 Å². The molecule has 0 fully saturated rings. The molecule has 1 heterocycles. The summed E-state index contributed by atoms with van der Waals surface area (Å²) < 4.78 is 54.0. The van der Waals surface area contributed by atoms with Gasteiger partial charge in [-0.3, -0.25) is 5.10 Å². The number of nitrogens with one attached hydrogen (secondary N) is 1. The summed E-state index contributed by atoms with van der Waals surface area (Å²) in [5.41, 5.74) is 6.64. The molecule has 0 amide bonds. The van der Waals surface area contributed by atoms with Gasteiger partial charge in [-0.25, -0.2) is 9.37 Å². The number of anilines is 1. The van der Waals surface area contributed by atoms with Crippen molar-refractivity contribution < 1.29 is 22.3 Å². The topological polar surface area (TPSA) is 76.8 Å². The summed E-state index contributed by atoms with van der Waals surface area (Å²) in [5, 5.41) is 6.62. The van der Waals surface area contributed by atoms with Gasteiger partial charge in [-0.05, 0) is 54.6 Å². The molecule has 0 bridgehead atoms. The highest BCUT2D eigenvalue weighted by Crippen LogP contribution is 2.25. The number of halogens is 4. The Hall–Kier alpha value is -3.36. The molecule has 26 heavy (non-hydrogen) atoms. The number of aromatic amines is 1. The third-order valence-electron chi connectivity index (χ3n) is 3.30. The van der Waals surface area contributed by atoms with E-state index < -0.39 is 12.2 Å². The predicted octanol–water partition coefficient (Wildman–Crippen LogP) is 4.26. The van der Waals surface area contributed by atoms with Crippen molar-refractivity contribution in [1.29, 1.82) is 0 Å². The second kappa shape index (κ2) is 6.87. The first kappa shape index (κ1) is 17.5. The fourth-order valence-electron chi connectivity index (χ4n) is 2.14. The maximum absolute atomic E-state index is 13.7. The van der Waals surface area contributed by atoms with Gasteiger partial charge in [-0.1, -0.05) is 0 Å². The summed E-state index contributed by atoms with van der Waals surface area (Å²) in [7, 11) is 0. The largest absolute Gasteiger partial charge is 0.573 e. The van der Waals surface area contributed by atoms with Gasteiger partial charge in [0.2, 0.25) is 0 Å². The molecule has 2 aromatic carbocycles. The minimum absolute atomic E-state index is 0.284. The van der Waals surface area contributed by atoms with Crippen molar-refractivity contribution in [3.8, 4) is 17.1 Å². The molecular formula is C17H12F4N4O. The Kier molecular flexibility index (Phi) is 4.61. The van der Waals surface area contributed by atoms with Gasteiger partial charge < -0.3 is 10.5 Å². The van der Waals surface area contributed by atoms with Gasteiger partial charge in [0.05, 0.1) is 0 Å². The Morgan fingerprint density at radius 3 is 2.42 bits per heavy atom. The Balaban J connectivity index is 1.74. The average molecular weight is 364 g/mol. The number of nitrogens with two attached hydrogens (primary N) is 1. The van der Waals surface area contributed by atoms with E-state index in [1.807, 2.05) is 0 Å². The van der Waals surface area contributed by atoms with Crippen LogP contribution in [-0.2, 0) is 0 Å². The number of aromatic nitrogens is 3. The van der Waals surface area contributed by atoms with Crippen LogP contribution in [0.5, 0.6) is 5.75 Å². The molecule has 0 saturated carbocycles. The second-order valence-electron chi connectivity index (χ2n) is 5.23. The van der Waals surface area contributed by atoms with E-state index in [9.17, 15) is 17.6 Å². The van der Waals surface area contributed by atoms with E-state index in [0.29, 0.717) is 22.6 Å². The number of nitrogens with zero attached hydrogens (tertiary/aromatic N) is 2. The van der Waals surface area contributed by atoms with Crippen LogP contribution in [0.4, 0.5) is 23.2 Å². The van der Waals surface area contributed by atoms with Gasteiger partial charge in [0.15, 0.2) is 11.6 Å². The van der Waals surface area contributed by atoms with Gasteiger partial charge in [-0.15, -0.1) is 13.2 Å². The first-order chi connectivity index (χ1) is 12.3. The number of nitrogen functional groups attached to an aromatic ring is 1.